The van der Waals surface area contributed by atoms with Crippen LogP contribution in [-0.2, 0) is 20.8 Å². The third-order valence-corrected chi connectivity index (χ3v) is 3.24. The van der Waals surface area contributed by atoms with Gasteiger partial charge in [-0.2, -0.15) is 0 Å². The van der Waals surface area contributed by atoms with Gasteiger partial charge in [-0.1, -0.05) is 42.5 Å². The van der Waals surface area contributed by atoms with E-state index in [2.05, 4.69) is 5.32 Å². The van der Waals surface area contributed by atoms with E-state index in [1.165, 1.54) is 0 Å². The van der Waals surface area contributed by atoms with E-state index in [-0.39, 0.29) is 6.42 Å². The molecule has 2 aromatic rings. The van der Waals surface area contributed by atoms with Gasteiger partial charge in [-0.15, -0.1) is 0 Å². The molecule has 0 aromatic heterocycles. The van der Waals surface area contributed by atoms with Crippen LogP contribution < -0.4 is 5.32 Å². The maximum atomic E-state index is 12.0. The minimum Gasteiger partial charge on any atom is -0.481 e. The molecule has 6 nitrogen and oxygen atoms in total. The Morgan fingerprint density at radius 1 is 1.00 bits per heavy atom. The lowest BCUT2D eigenvalue weighted by Crippen LogP contribution is -2.42. The zero-order chi connectivity index (χ0) is 16.1. The van der Waals surface area contributed by atoms with E-state index < -0.39 is 30.3 Å². The molecule has 22 heavy (non-hydrogen) atoms. The third kappa shape index (κ3) is 3.82. The molecule has 3 N–H and O–H groups in total. The van der Waals surface area contributed by atoms with Crippen LogP contribution in [0, 0.1) is 0 Å². The van der Waals surface area contributed by atoms with Crippen molar-refractivity contribution in [3.05, 3.63) is 48.0 Å². The number of carboxylic acids is 2. The molecule has 0 saturated carbocycles. The Balaban J connectivity index is 2.13. The molecule has 1 amide bonds. The molecule has 0 heterocycles. The van der Waals surface area contributed by atoms with E-state index in [1.807, 2.05) is 36.4 Å². The van der Waals surface area contributed by atoms with Crippen molar-refractivity contribution in [3.63, 3.8) is 0 Å². The van der Waals surface area contributed by atoms with Crippen LogP contribution in [0.2, 0.25) is 0 Å². The molecule has 6 heteroatoms. The van der Waals surface area contributed by atoms with Gasteiger partial charge in [0.25, 0.3) is 0 Å². The fourth-order valence-corrected chi connectivity index (χ4v) is 2.24. The number of rotatable bonds is 6. The van der Waals surface area contributed by atoms with Gasteiger partial charge in [-0.25, -0.2) is 4.79 Å². The SMILES string of the molecule is O=C(O)C[C@@H](NC(=O)Cc1cccc2ccccc12)C(=O)O. The quantitative estimate of drug-likeness (QED) is 0.748. The van der Waals surface area contributed by atoms with Crippen molar-refractivity contribution in [2.45, 2.75) is 18.9 Å². The van der Waals surface area contributed by atoms with Crippen LogP contribution in [0.4, 0.5) is 0 Å². The summed E-state index contributed by atoms with van der Waals surface area (Å²) in [6.45, 7) is 0. The molecule has 0 aliphatic heterocycles. The number of nitrogens with one attached hydrogen (secondary N) is 1. The minimum absolute atomic E-state index is 0.00917. The summed E-state index contributed by atoms with van der Waals surface area (Å²) in [5.74, 6) is -3.17. The summed E-state index contributed by atoms with van der Waals surface area (Å²) in [4.78, 5) is 33.6. The number of amides is 1. The van der Waals surface area contributed by atoms with Crippen molar-refractivity contribution >= 4 is 28.6 Å². The molecule has 114 valence electrons. The number of fused-ring (bicyclic) bond motifs is 1. The lowest BCUT2D eigenvalue weighted by molar-refractivity contribution is -0.147. The van der Waals surface area contributed by atoms with Gasteiger partial charge >= 0.3 is 11.9 Å². The molecule has 1 atom stereocenters. The summed E-state index contributed by atoms with van der Waals surface area (Å²) < 4.78 is 0. The molecule has 0 aliphatic rings. The minimum atomic E-state index is -1.43. The van der Waals surface area contributed by atoms with E-state index >= 15 is 0 Å². The number of carbonyl (C=O) groups excluding carboxylic acids is 1. The predicted octanol–water partition coefficient (Wildman–Crippen LogP) is 1.43. The van der Waals surface area contributed by atoms with Crippen LogP contribution in [0.15, 0.2) is 42.5 Å². The Labute approximate surface area is 126 Å². The predicted molar refractivity (Wildman–Crippen MR) is 79.5 cm³/mol. The smallest absolute Gasteiger partial charge is 0.326 e. The second kappa shape index (κ2) is 6.71. The van der Waals surface area contributed by atoms with Crippen molar-refractivity contribution in [3.8, 4) is 0 Å². The third-order valence-electron chi connectivity index (χ3n) is 3.24. The topological polar surface area (TPSA) is 104 Å². The highest BCUT2D eigenvalue weighted by Crippen LogP contribution is 2.18. The van der Waals surface area contributed by atoms with E-state index in [1.54, 1.807) is 6.07 Å². The van der Waals surface area contributed by atoms with Gasteiger partial charge in [0.2, 0.25) is 5.91 Å². The van der Waals surface area contributed by atoms with Gasteiger partial charge in [0.15, 0.2) is 0 Å². The highest BCUT2D eigenvalue weighted by Gasteiger charge is 2.23. The van der Waals surface area contributed by atoms with Crippen LogP contribution >= 0.6 is 0 Å². The van der Waals surface area contributed by atoms with Crippen molar-refractivity contribution in [1.82, 2.24) is 5.32 Å². The highest BCUT2D eigenvalue weighted by atomic mass is 16.4. The molecular weight excluding hydrogens is 286 g/mol. The molecule has 2 aromatic carbocycles. The lowest BCUT2D eigenvalue weighted by Gasteiger charge is -2.13. The maximum Gasteiger partial charge on any atom is 0.326 e. The zero-order valence-corrected chi connectivity index (χ0v) is 11.7. The first-order chi connectivity index (χ1) is 10.5. The van der Waals surface area contributed by atoms with Crippen LogP contribution in [0.1, 0.15) is 12.0 Å². The van der Waals surface area contributed by atoms with E-state index in [0.717, 1.165) is 16.3 Å². The molecule has 0 unspecified atom stereocenters. The Morgan fingerprint density at radius 2 is 1.68 bits per heavy atom. The first kappa shape index (κ1) is 15.5. The zero-order valence-electron chi connectivity index (χ0n) is 11.7. The van der Waals surface area contributed by atoms with E-state index in [4.69, 9.17) is 10.2 Å². The first-order valence-corrected chi connectivity index (χ1v) is 6.68. The van der Waals surface area contributed by atoms with Gasteiger partial charge in [-0.05, 0) is 16.3 Å². The summed E-state index contributed by atoms with van der Waals surface area (Å²) in [6.07, 6.45) is -0.665. The monoisotopic (exact) mass is 301 g/mol. The summed E-state index contributed by atoms with van der Waals surface area (Å²) in [7, 11) is 0. The summed E-state index contributed by atoms with van der Waals surface area (Å²) in [5, 5.41) is 21.7. The first-order valence-electron chi connectivity index (χ1n) is 6.68. The number of carboxylic acid groups (broad SMARTS) is 2. The van der Waals surface area contributed by atoms with Gasteiger partial charge in [0.1, 0.15) is 6.04 Å². The summed E-state index contributed by atoms with van der Waals surface area (Å²) in [6, 6.07) is 11.6. The van der Waals surface area contributed by atoms with Crippen LogP contribution in [-0.4, -0.2) is 34.1 Å². The number of hydrogen-bond donors (Lipinski definition) is 3. The Hall–Kier alpha value is -2.89. The van der Waals surface area contributed by atoms with E-state index in [0.29, 0.717) is 0 Å². The molecule has 2 rings (SSSR count). The standard InChI is InChI=1S/C16H15NO5/c18-14(17-13(16(21)22)9-15(19)20)8-11-6-3-5-10-4-1-2-7-12(10)11/h1-7,13H,8-9H2,(H,17,18)(H,19,20)(H,21,22)/t13-/m1/s1. The molecule has 0 spiro atoms. The fourth-order valence-electron chi connectivity index (χ4n) is 2.24. The van der Waals surface area contributed by atoms with Crippen molar-refractivity contribution in [2.75, 3.05) is 0 Å². The normalized spacial score (nSPS) is 11.8. The molecule has 0 bridgehead atoms. The number of hydrogen-bond acceptors (Lipinski definition) is 3. The molecule has 0 saturated heterocycles. The largest absolute Gasteiger partial charge is 0.481 e. The lowest BCUT2D eigenvalue weighted by atomic mass is 10.0. The average molecular weight is 301 g/mol. The summed E-state index contributed by atoms with van der Waals surface area (Å²) >= 11 is 0. The van der Waals surface area contributed by atoms with Crippen molar-refractivity contribution < 1.29 is 24.6 Å². The Kier molecular flexibility index (Phi) is 4.73. The molecule has 0 aliphatic carbocycles. The Bertz CT molecular complexity index is 720. The van der Waals surface area contributed by atoms with Gasteiger partial charge in [0.05, 0.1) is 12.8 Å². The number of benzene rings is 2. The van der Waals surface area contributed by atoms with Crippen LogP contribution in [0.3, 0.4) is 0 Å². The second-order valence-electron chi connectivity index (χ2n) is 4.87. The van der Waals surface area contributed by atoms with Crippen LogP contribution in [0.25, 0.3) is 10.8 Å². The van der Waals surface area contributed by atoms with E-state index in [9.17, 15) is 14.4 Å². The number of carbonyl (C=O) groups is 3. The molecule has 0 radical (unpaired) electrons. The highest BCUT2D eigenvalue weighted by molar-refractivity contribution is 5.92. The van der Waals surface area contributed by atoms with Crippen molar-refractivity contribution in [2.24, 2.45) is 0 Å². The summed E-state index contributed by atoms with van der Waals surface area (Å²) in [5.41, 5.74) is 0.759. The fraction of sp³-hybridized carbons (Fsp3) is 0.188. The Morgan fingerprint density at radius 3 is 2.36 bits per heavy atom. The van der Waals surface area contributed by atoms with Gasteiger partial charge in [-0.3, -0.25) is 9.59 Å². The van der Waals surface area contributed by atoms with Crippen molar-refractivity contribution in [1.29, 1.82) is 0 Å². The number of aliphatic carboxylic acids is 2. The van der Waals surface area contributed by atoms with Gasteiger partial charge < -0.3 is 15.5 Å². The maximum absolute atomic E-state index is 12.0. The van der Waals surface area contributed by atoms with Gasteiger partial charge in [0, 0.05) is 0 Å². The molecule has 0 fully saturated rings. The second-order valence-corrected chi connectivity index (χ2v) is 4.87. The molecular formula is C16H15NO5. The van der Waals surface area contributed by atoms with Crippen LogP contribution in [0.5, 0.6) is 0 Å². The average Bonchev–Trinajstić information content (AvgIpc) is 2.46.